The van der Waals surface area contributed by atoms with Gasteiger partial charge in [-0.3, -0.25) is 9.82 Å². The maximum Gasteiger partial charge on any atom is 0.0757 e. The van der Waals surface area contributed by atoms with Gasteiger partial charge in [0.15, 0.2) is 0 Å². The van der Waals surface area contributed by atoms with E-state index in [0.29, 0.717) is 19.2 Å². The molecular formula is C26H31N3OS. The molecule has 3 aromatic rings. The smallest absolute Gasteiger partial charge is 0.0757 e. The Morgan fingerprint density at radius 3 is 2.48 bits per heavy atom. The van der Waals surface area contributed by atoms with E-state index in [-0.39, 0.29) is 11.8 Å². The lowest BCUT2D eigenvalue weighted by Gasteiger charge is -2.24. The molecule has 0 spiro atoms. The van der Waals surface area contributed by atoms with E-state index < -0.39 is 0 Å². The van der Waals surface area contributed by atoms with Crippen molar-refractivity contribution in [1.29, 1.82) is 0 Å². The van der Waals surface area contributed by atoms with Gasteiger partial charge in [-0.1, -0.05) is 51.0 Å². The maximum absolute atomic E-state index is 5.66. The third-order valence-electron chi connectivity index (χ3n) is 5.49. The average molecular weight is 434 g/mol. The summed E-state index contributed by atoms with van der Waals surface area (Å²) in [5.74, 6) is 7.04. The summed E-state index contributed by atoms with van der Waals surface area (Å²) in [5, 5.41) is 2.20. The Balaban J connectivity index is 1.86. The predicted octanol–water partition coefficient (Wildman–Crippen LogP) is 5.63. The molecule has 0 aliphatic rings. The van der Waals surface area contributed by atoms with Crippen LogP contribution in [0.4, 0.5) is 0 Å². The quantitative estimate of drug-likeness (QED) is 0.199. The van der Waals surface area contributed by atoms with E-state index in [1.807, 2.05) is 13.1 Å². The van der Waals surface area contributed by atoms with Crippen molar-refractivity contribution >= 4 is 11.3 Å². The second kappa shape index (κ2) is 11.2. The maximum atomic E-state index is 5.66. The number of thiophene rings is 1. The molecule has 1 aromatic carbocycles. The molecule has 162 valence electrons. The van der Waals surface area contributed by atoms with Gasteiger partial charge in [-0.15, -0.1) is 17.3 Å². The van der Waals surface area contributed by atoms with Gasteiger partial charge in [-0.2, -0.15) is 5.48 Å². The molecule has 0 radical (unpaired) electrons. The van der Waals surface area contributed by atoms with Crippen LogP contribution in [0.5, 0.6) is 0 Å². The first kappa shape index (κ1) is 23.2. The van der Waals surface area contributed by atoms with Crippen LogP contribution in [0, 0.1) is 11.8 Å². The molecule has 3 rings (SSSR count). The van der Waals surface area contributed by atoms with Gasteiger partial charge in [0.1, 0.15) is 0 Å². The van der Waals surface area contributed by atoms with Crippen LogP contribution in [0.25, 0.3) is 11.1 Å². The molecule has 0 aliphatic heterocycles. The SMILES string of the molecule is CC#Cc1cncc(-c2csc([C@H](C)[C@H](CONCN)c3ccc(C(C)C)cc3)c2)c1. The Hall–Kier alpha value is -2.49. The van der Waals surface area contributed by atoms with Gasteiger partial charge in [0, 0.05) is 34.3 Å². The van der Waals surface area contributed by atoms with Crippen molar-refractivity contribution < 1.29 is 4.84 Å². The third-order valence-corrected chi connectivity index (χ3v) is 6.63. The summed E-state index contributed by atoms with van der Waals surface area (Å²) < 4.78 is 0. The Kier molecular flexibility index (Phi) is 8.39. The van der Waals surface area contributed by atoms with Crippen LogP contribution in [-0.4, -0.2) is 18.3 Å². The minimum absolute atomic E-state index is 0.210. The fraction of sp³-hybridized carbons (Fsp3) is 0.346. The number of nitrogens with zero attached hydrogens (tertiary/aromatic N) is 1. The van der Waals surface area contributed by atoms with E-state index in [2.05, 4.69) is 84.9 Å². The zero-order valence-electron chi connectivity index (χ0n) is 18.7. The van der Waals surface area contributed by atoms with Crippen molar-refractivity contribution in [2.45, 2.75) is 45.4 Å². The van der Waals surface area contributed by atoms with Crippen LogP contribution in [0.2, 0.25) is 0 Å². The summed E-state index contributed by atoms with van der Waals surface area (Å²) in [6.45, 7) is 9.38. The van der Waals surface area contributed by atoms with Crippen molar-refractivity contribution in [3.05, 3.63) is 75.7 Å². The molecule has 2 aromatic heterocycles. The summed E-state index contributed by atoms with van der Waals surface area (Å²) >= 11 is 1.78. The van der Waals surface area contributed by atoms with Gasteiger partial charge >= 0.3 is 0 Å². The number of aromatic nitrogens is 1. The van der Waals surface area contributed by atoms with Gasteiger partial charge in [-0.25, -0.2) is 0 Å². The molecular weight excluding hydrogens is 402 g/mol. The van der Waals surface area contributed by atoms with Crippen LogP contribution < -0.4 is 11.2 Å². The average Bonchev–Trinajstić information content (AvgIpc) is 3.27. The number of hydroxylamine groups is 1. The Morgan fingerprint density at radius 1 is 1.06 bits per heavy atom. The van der Waals surface area contributed by atoms with Crippen LogP contribution in [0.15, 0.2) is 54.2 Å². The van der Waals surface area contributed by atoms with Crippen molar-refractivity contribution in [3.8, 4) is 23.0 Å². The first-order valence-electron chi connectivity index (χ1n) is 10.6. The zero-order chi connectivity index (χ0) is 22.2. The molecule has 0 aliphatic carbocycles. The normalized spacial score (nSPS) is 13.0. The third kappa shape index (κ3) is 6.03. The number of pyridine rings is 1. The summed E-state index contributed by atoms with van der Waals surface area (Å²) in [6.07, 6.45) is 3.70. The van der Waals surface area contributed by atoms with E-state index in [4.69, 9.17) is 10.6 Å². The van der Waals surface area contributed by atoms with Crippen LogP contribution in [-0.2, 0) is 4.84 Å². The molecule has 0 saturated carbocycles. The van der Waals surface area contributed by atoms with Gasteiger partial charge in [0.2, 0.25) is 0 Å². The molecule has 2 atom stereocenters. The van der Waals surface area contributed by atoms with Gasteiger partial charge in [0.25, 0.3) is 0 Å². The number of nitrogens with one attached hydrogen (secondary N) is 1. The second-order valence-electron chi connectivity index (χ2n) is 7.95. The van der Waals surface area contributed by atoms with Gasteiger partial charge in [0.05, 0.1) is 13.3 Å². The summed E-state index contributed by atoms with van der Waals surface area (Å²) in [7, 11) is 0. The molecule has 0 fully saturated rings. The first-order chi connectivity index (χ1) is 15.0. The lowest BCUT2D eigenvalue weighted by atomic mass is 9.85. The fourth-order valence-corrected chi connectivity index (χ4v) is 4.66. The van der Waals surface area contributed by atoms with Crippen molar-refractivity contribution in [2.75, 3.05) is 13.3 Å². The molecule has 0 bridgehead atoms. The highest BCUT2D eigenvalue weighted by Gasteiger charge is 2.23. The monoisotopic (exact) mass is 433 g/mol. The minimum Gasteiger partial charge on any atom is -0.317 e. The lowest BCUT2D eigenvalue weighted by Crippen LogP contribution is -2.26. The minimum atomic E-state index is 0.210. The lowest BCUT2D eigenvalue weighted by molar-refractivity contribution is 0.0294. The van der Waals surface area contributed by atoms with Crippen molar-refractivity contribution in [1.82, 2.24) is 10.5 Å². The summed E-state index contributed by atoms with van der Waals surface area (Å²) in [4.78, 5) is 11.3. The summed E-state index contributed by atoms with van der Waals surface area (Å²) in [6, 6.07) is 13.3. The van der Waals surface area contributed by atoms with E-state index in [1.54, 1.807) is 17.5 Å². The van der Waals surface area contributed by atoms with E-state index in [0.717, 1.165) is 11.1 Å². The Morgan fingerprint density at radius 2 is 1.81 bits per heavy atom. The molecule has 0 unspecified atom stereocenters. The van der Waals surface area contributed by atoms with Gasteiger partial charge < -0.3 is 5.73 Å². The van der Waals surface area contributed by atoms with E-state index in [1.165, 1.54) is 21.6 Å². The second-order valence-corrected chi connectivity index (χ2v) is 8.89. The molecule has 31 heavy (non-hydrogen) atoms. The number of nitrogens with two attached hydrogens (primary N) is 1. The highest BCUT2D eigenvalue weighted by molar-refractivity contribution is 7.10. The number of hydrogen-bond donors (Lipinski definition) is 2. The fourth-order valence-electron chi connectivity index (χ4n) is 3.62. The van der Waals surface area contributed by atoms with Crippen molar-refractivity contribution in [2.24, 2.45) is 5.73 Å². The zero-order valence-corrected chi connectivity index (χ0v) is 19.5. The van der Waals surface area contributed by atoms with Gasteiger partial charge in [-0.05, 0) is 53.0 Å². The molecule has 3 N–H and O–H groups in total. The van der Waals surface area contributed by atoms with Crippen LogP contribution in [0.3, 0.4) is 0 Å². The summed E-state index contributed by atoms with van der Waals surface area (Å²) in [5.41, 5.74) is 14.2. The highest BCUT2D eigenvalue weighted by atomic mass is 32.1. The molecule has 2 heterocycles. The molecule has 4 nitrogen and oxygen atoms in total. The number of hydrogen-bond acceptors (Lipinski definition) is 5. The Labute approximate surface area is 189 Å². The molecule has 0 saturated heterocycles. The standard InChI is InChI=1S/C26H31N3OS/c1-5-6-20-11-23(14-28-13-20)24-12-26(31-16-24)19(4)25(15-30-29-17-27)22-9-7-21(8-10-22)18(2)3/h7-14,16,18-19,25,29H,15,17,27H2,1-4H3/t19-,25+/m1/s1. The first-order valence-corrected chi connectivity index (χ1v) is 11.5. The highest BCUT2D eigenvalue weighted by Crippen LogP contribution is 2.38. The topological polar surface area (TPSA) is 60.2 Å². The van der Waals surface area contributed by atoms with E-state index >= 15 is 0 Å². The van der Waals surface area contributed by atoms with Crippen LogP contribution in [0.1, 0.15) is 67.0 Å². The largest absolute Gasteiger partial charge is 0.317 e. The Bertz CT molecular complexity index is 1030. The number of rotatable bonds is 9. The number of benzene rings is 1. The predicted molar refractivity (Wildman–Crippen MR) is 130 cm³/mol. The molecule has 5 heteroatoms. The van der Waals surface area contributed by atoms with Crippen molar-refractivity contribution in [3.63, 3.8) is 0 Å². The van der Waals surface area contributed by atoms with E-state index in [9.17, 15) is 0 Å². The molecule has 0 amide bonds. The van der Waals surface area contributed by atoms with Crippen LogP contribution >= 0.6 is 11.3 Å².